The minimum atomic E-state index is -0.622. The Hall–Kier alpha value is -1.32. The van der Waals surface area contributed by atoms with Crippen LogP contribution in [-0.2, 0) is 0 Å². The van der Waals surface area contributed by atoms with Crippen LogP contribution in [0.3, 0.4) is 0 Å². The van der Waals surface area contributed by atoms with Gasteiger partial charge in [0.2, 0.25) is 0 Å². The van der Waals surface area contributed by atoms with Gasteiger partial charge in [0.15, 0.2) is 0 Å². The number of benzene rings is 1. The number of hydrogen-bond acceptors (Lipinski definition) is 3. The zero-order chi connectivity index (χ0) is 11.0. The Morgan fingerprint density at radius 3 is 2.80 bits per heavy atom. The van der Waals surface area contributed by atoms with Gasteiger partial charge >= 0.3 is 0 Å². The van der Waals surface area contributed by atoms with Crippen LogP contribution < -0.4 is 5.73 Å². The van der Waals surface area contributed by atoms with E-state index in [2.05, 4.69) is 0 Å². The molecular weight excluding hydrogens is 190 g/mol. The molecule has 2 aromatic rings. The van der Waals surface area contributed by atoms with E-state index in [9.17, 15) is 5.11 Å². The van der Waals surface area contributed by atoms with Crippen LogP contribution >= 0.6 is 0 Å². The summed E-state index contributed by atoms with van der Waals surface area (Å²) < 4.78 is 5.33. The topological polar surface area (TPSA) is 59.4 Å². The van der Waals surface area contributed by atoms with Crippen molar-refractivity contribution in [3.05, 3.63) is 35.6 Å². The second-order valence-corrected chi connectivity index (χ2v) is 3.98. The molecule has 1 heterocycles. The Morgan fingerprint density at radius 1 is 1.40 bits per heavy atom. The smallest absolute Gasteiger partial charge is 0.134 e. The van der Waals surface area contributed by atoms with Crippen LogP contribution in [0, 0.1) is 6.92 Å². The normalized spacial score (nSPS) is 15.5. The number of furan rings is 1. The van der Waals surface area contributed by atoms with Gasteiger partial charge in [0, 0.05) is 11.4 Å². The van der Waals surface area contributed by atoms with Gasteiger partial charge in [-0.15, -0.1) is 0 Å². The molecule has 2 rings (SSSR count). The third kappa shape index (κ3) is 1.76. The lowest BCUT2D eigenvalue weighted by atomic mass is 10.0. The first kappa shape index (κ1) is 10.2. The fourth-order valence-electron chi connectivity index (χ4n) is 1.66. The van der Waals surface area contributed by atoms with Gasteiger partial charge in [-0.05, 0) is 37.1 Å². The van der Waals surface area contributed by atoms with Crippen molar-refractivity contribution in [1.82, 2.24) is 0 Å². The molecule has 0 aliphatic carbocycles. The van der Waals surface area contributed by atoms with Gasteiger partial charge in [0.1, 0.15) is 5.58 Å². The molecule has 0 saturated heterocycles. The number of hydrogen-bond donors (Lipinski definition) is 2. The first-order valence-electron chi connectivity index (χ1n) is 5.01. The molecule has 0 bridgehead atoms. The van der Waals surface area contributed by atoms with E-state index >= 15 is 0 Å². The quantitative estimate of drug-likeness (QED) is 0.789. The van der Waals surface area contributed by atoms with E-state index in [0.29, 0.717) is 0 Å². The SMILES string of the molecule is Cc1coc2ccc(C(O)C(C)N)cc12. The van der Waals surface area contributed by atoms with E-state index in [1.54, 1.807) is 13.2 Å². The molecule has 3 nitrogen and oxygen atoms in total. The Labute approximate surface area is 88.5 Å². The van der Waals surface area contributed by atoms with E-state index in [-0.39, 0.29) is 6.04 Å². The third-order valence-corrected chi connectivity index (χ3v) is 2.63. The fourth-order valence-corrected chi connectivity index (χ4v) is 1.66. The summed E-state index contributed by atoms with van der Waals surface area (Å²) in [7, 11) is 0. The number of nitrogens with two attached hydrogens (primary N) is 1. The van der Waals surface area contributed by atoms with Crippen LogP contribution in [0.1, 0.15) is 24.2 Å². The monoisotopic (exact) mass is 205 g/mol. The highest BCUT2D eigenvalue weighted by Gasteiger charge is 2.13. The summed E-state index contributed by atoms with van der Waals surface area (Å²) in [6.07, 6.45) is 1.09. The average molecular weight is 205 g/mol. The van der Waals surface area contributed by atoms with Crippen LogP contribution in [0.4, 0.5) is 0 Å². The third-order valence-electron chi connectivity index (χ3n) is 2.63. The Kier molecular flexibility index (Phi) is 2.50. The van der Waals surface area contributed by atoms with Crippen LogP contribution in [0.2, 0.25) is 0 Å². The average Bonchev–Trinajstić information content (AvgIpc) is 2.59. The molecule has 0 fully saturated rings. The van der Waals surface area contributed by atoms with E-state index in [1.165, 1.54) is 0 Å². The lowest BCUT2D eigenvalue weighted by Crippen LogP contribution is -2.24. The predicted molar refractivity (Wildman–Crippen MR) is 59.6 cm³/mol. The largest absolute Gasteiger partial charge is 0.464 e. The lowest BCUT2D eigenvalue weighted by Gasteiger charge is -2.14. The molecule has 2 unspecified atom stereocenters. The van der Waals surface area contributed by atoms with Crippen molar-refractivity contribution in [3.8, 4) is 0 Å². The van der Waals surface area contributed by atoms with Crippen molar-refractivity contribution < 1.29 is 9.52 Å². The molecule has 3 N–H and O–H groups in total. The maximum Gasteiger partial charge on any atom is 0.134 e. The Morgan fingerprint density at radius 2 is 2.13 bits per heavy atom. The zero-order valence-electron chi connectivity index (χ0n) is 8.90. The first-order valence-corrected chi connectivity index (χ1v) is 5.01. The molecule has 0 aliphatic heterocycles. The second-order valence-electron chi connectivity index (χ2n) is 3.98. The van der Waals surface area contributed by atoms with Crippen molar-refractivity contribution in [2.75, 3.05) is 0 Å². The molecule has 15 heavy (non-hydrogen) atoms. The summed E-state index contributed by atoms with van der Waals surface area (Å²) in [6.45, 7) is 3.77. The van der Waals surface area contributed by atoms with Crippen LogP contribution in [0.5, 0.6) is 0 Å². The van der Waals surface area contributed by atoms with E-state index in [1.807, 2.05) is 25.1 Å². The summed E-state index contributed by atoms with van der Waals surface area (Å²) in [6, 6.07) is 5.37. The molecule has 0 saturated carbocycles. The molecular formula is C12H15NO2. The molecule has 0 amide bonds. The number of fused-ring (bicyclic) bond motifs is 1. The number of aliphatic hydroxyl groups is 1. The molecule has 1 aromatic carbocycles. The first-order chi connectivity index (χ1) is 7.09. The highest BCUT2D eigenvalue weighted by atomic mass is 16.3. The Bertz CT molecular complexity index is 473. The maximum atomic E-state index is 9.83. The highest BCUT2D eigenvalue weighted by Crippen LogP contribution is 2.25. The van der Waals surface area contributed by atoms with Gasteiger partial charge in [-0.1, -0.05) is 6.07 Å². The van der Waals surface area contributed by atoms with Crippen molar-refractivity contribution in [2.24, 2.45) is 5.73 Å². The lowest BCUT2D eigenvalue weighted by molar-refractivity contribution is 0.153. The van der Waals surface area contributed by atoms with Gasteiger partial charge in [-0.2, -0.15) is 0 Å². The van der Waals surface area contributed by atoms with Crippen molar-refractivity contribution in [2.45, 2.75) is 26.0 Å². The summed E-state index contributed by atoms with van der Waals surface area (Å²) in [5.41, 5.74) is 8.40. The number of aryl methyl sites for hydroxylation is 1. The minimum Gasteiger partial charge on any atom is -0.464 e. The second kappa shape index (κ2) is 3.68. The number of aliphatic hydroxyl groups excluding tert-OH is 1. The van der Waals surface area contributed by atoms with E-state index in [0.717, 1.165) is 22.1 Å². The van der Waals surface area contributed by atoms with Crippen LogP contribution in [-0.4, -0.2) is 11.1 Å². The molecule has 1 aromatic heterocycles. The maximum absolute atomic E-state index is 9.83. The van der Waals surface area contributed by atoms with Gasteiger partial charge in [0.25, 0.3) is 0 Å². The van der Waals surface area contributed by atoms with Crippen LogP contribution in [0.25, 0.3) is 11.0 Å². The summed E-state index contributed by atoms with van der Waals surface area (Å²) >= 11 is 0. The molecule has 0 aliphatic rings. The van der Waals surface area contributed by atoms with Crippen LogP contribution in [0.15, 0.2) is 28.9 Å². The number of rotatable bonds is 2. The zero-order valence-corrected chi connectivity index (χ0v) is 8.90. The van der Waals surface area contributed by atoms with E-state index < -0.39 is 6.10 Å². The van der Waals surface area contributed by atoms with Gasteiger partial charge in [-0.25, -0.2) is 0 Å². The van der Waals surface area contributed by atoms with Crippen molar-refractivity contribution >= 4 is 11.0 Å². The standard InChI is InChI=1S/C12H15NO2/c1-7-6-15-11-4-3-9(5-10(7)11)12(14)8(2)13/h3-6,8,12,14H,13H2,1-2H3. The molecule has 3 heteroatoms. The molecule has 80 valence electrons. The highest BCUT2D eigenvalue weighted by molar-refractivity contribution is 5.81. The fraction of sp³-hybridized carbons (Fsp3) is 0.333. The molecule has 0 spiro atoms. The van der Waals surface area contributed by atoms with Gasteiger partial charge < -0.3 is 15.3 Å². The Balaban J connectivity index is 2.50. The summed E-state index contributed by atoms with van der Waals surface area (Å²) in [4.78, 5) is 0. The van der Waals surface area contributed by atoms with Crippen molar-refractivity contribution in [3.63, 3.8) is 0 Å². The summed E-state index contributed by atoms with van der Waals surface area (Å²) in [5.74, 6) is 0. The molecule has 2 atom stereocenters. The predicted octanol–water partition coefficient (Wildman–Crippen LogP) is 2.12. The minimum absolute atomic E-state index is 0.269. The molecule has 0 radical (unpaired) electrons. The van der Waals surface area contributed by atoms with Gasteiger partial charge in [-0.3, -0.25) is 0 Å². The summed E-state index contributed by atoms with van der Waals surface area (Å²) in [5, 5.41) is 10.9. The van der Waals surface area contributed by atoms with Crippen molar-refractivity contribution in [1.29, 1.82) is 0 Å². The van der Waals surface area contributed by atoms with Gasteiger partial charge in [0.05, 0.1) is 12.4 Å². The van der Waals surface area contributed by atoms with E-state index in [4.69, 9.17) is 10.2 Å².